The van der Waals surface area contributed by atoms with Crippen LogP contribution in [0, 0.1) is 0 Å². The minimum atomic E-state index is 0.557. The highest BCUT2D eigenvalue weighted by Gasteiger charge is 2.01. The summed E-state index contributed by atoms with van der Waals surface area (Å²) in [7, 11) is 1.65. The standard InChI is InChI=1S/C20H22N4O/c1-25-18-11-5-10-17(15-18)23-20-22-14-12-19(24-20)21-13-6-9-16-7-3-2-4-8-16/h2-5,7-8,10-12,14-15H,6,9,13H2,1H3,(H2,21,22,23,24). The van der Waals surface area contributed by atoms with E-state index in [1.165, 1.54) is 5.56 Å². The van der Waals surface area contributed by atoms with Crippen LogP contribution < -0.4 is 15.4 Å². The van der Waals surface area contributed by atoms with Crippen molar-refractivity contribution in [3.8, 4) is 5.75 Å². The Kier molecular flexibility index (Phi) is 5.82. The maximum atomic E-state index is 5.23. The van der Waals surface area contributed by atoms with Gasteiger partial charge in [0, 0.05) is 24.5 Å². The average molecular weight is 334 g/mol. The number of hydrogen-bond acceptors (Lipinski definition) is 5. The van der Waals surface area contributed by atoms with Crippen molar-refractivity contribution in [2.45, 2.75) is 12.8 Å². The lowest BCUT2D eigenvalue weighted by atomic mass is 10.1. The normalized spacial score (nSPS) is 10.3. The first-order valence-electron chi connectivity index (χ1n) is 8.35. The molecule has 0 saturated carbocycles. The fourth-order valence-electron chi connectivity index (χ4n) is 2.50. The lowest BCUT2D eigenvalue weighted by molar-refractivity contribution is 0.415. The van der Waals surface area contributed by atoms with Crippen molar-refractivity contribution < 1.29 is 4.74 Å². The summed E-state index contributed by atoms with van der Waals surface area (Å²) < 4.78 is 5.23. The molecular weight excluding hydrogens is 312 g/mol. The van der Waals surface area contributed by atoms with Crippen LogP contribution in [0.15, 0.2) is 66.9 Å². The predicted molar refractivity (Wildman–Crippen MR) is 102 cm³/mol. The third-order valence-electron chi connectivity index (χ3n) is 3.77. The molecule has 0 bridgehead atoms. The van der Waals surface area contributed by atoms with E-state index < -0.39 is 0 Å². The minimum Gasteiger partial charge on any atom is -0.497 e. The van der Waals surface area contributed by atoms with Gasteiger partial charge in [-0.15, -0.1) is 0 Å². The number of nitrogens with zero attached hydrogens (tertiary/aromatic N) is 2. The van der Waals surface area contributed by atoms with Gasteiger partial charge in [0.15, 0.2) is 0 Å². The third kappa shape index (κ3) is 5.21. The van der Waals surface area contributed by atoms with E-state index in [-0.39, 0.29) is 0 Å². The van der Waals surface area contributed by atoms with E-state index in [9.17, 15) is 0 Å². The Balaban J connectivity index is 1.52. The largest absolute Gasteiger partial charge is 0.497 e. The topological polar surface area (TPSA) is 59.1 Å². The summed E-state index contributed by atoms with van der Waals surface area (Å²) in [5.41, 5.74) is 2.24. The van der Waals surface area contributed by atoms with E-state index >= 15 is 0 Å². The maximum Gasteiger partial charge on any atom is 0.229 e. The summed E-state index contributed by atoms with van der Waals surface area (Å²) >= 11 is 0. The van der Waals surface area contributed by atoms with E-state index in [0.29, 0.717) is 5.95 Å². The molecule has 0 aliphatic rings. The van der Waals surface area contributed by atoms with Crippen molar-refractivity contribution in [2.75, 3.05) is 24.3 Å². The zero-order valence-electron chi connectivity index (χ0n) is 14.3. The number of hydrogen-bond donors (Lipinski definition) is 2. The molecule has 2 aromatic carbocycles. The van der Waals surface area contributed by atoms with Crippen molar-refractivity contribution in [3.63, 3.8) is 0 Å². The molecule has 1 aromatic heterocycles. The highest BCUT2D eigenvalue weighted by molar-refractivity contribution is 5.56. The second-order valence-electron chi connectivity index (χ2n) is 5.64. The molecule has 3 rings (SSSR count). The van der Waals surface area contributed by atoms with E-state index in [4.69, 9.17) is 4.74 Å². The van der Waals surface area contributed by atoms with E-state index in [1.54, 1.807) is 13.3 Å². The molecule has 0 aliphatic carbocycles. The molecule has 0 fully saturated rings. The highest BCUT2D eigenvalue weighted by atomic mass is 16.5. The van der Waals surface area contributed by atoms with Crippen LogP contribution in [-0.4, -0.2) is 23.6 Å². The third-order valence-corrected chi connectivity index (χ3v) is 3.77. The van der Waals surface area contributed by atoms with Crippen LogP contribution in [0.3, 0.4) is 0 Å². The van der Waals surface area contributed by atoms with Gasteiger partial charge >= 0.3 is 0 Å². The second-order valence-corrected chi connectivity index (χ2v) is 5.64. The Bertz CT molecular complexity index is 792. The number of rotatable bonds is 8. The zero-order chi connectivity index (χ0) is 17.3. The number of aromatic nitrogens is 2. The molecule has 25 heavy (non-hydrogen) atoms. The zero-order valence-corrected chi connectivity index (χ0v) is 14.3. The summed E-state index contributed by atoms with van der Waals surface area (Å²) in [4.78, 5) is 8.76. The number of ether oxygens (including phenoxy) is 1. The van der Waals surface area contributed by atoms with Gasteiger partial charge in [-0.1, -0.05) is 36.4 Å². The van der Waals surface area contributed by atoms with Crippen LogP contribution in [0.25, 0.3) is 0 Å². The SMILES string of the molecule is COc1cccc(Nc2nccc(NCCCc3ccccc3)n2)c1. The van der Waals surface area contributed by atoms with Crippen molar-refractivity contribution in [1.82, 2.24) is 9.97 Å². The van der Waals surface area contributed by atoms with Gasteiger partial charge in [0.25, 0.3) is 0 Å². The molecular formula is C20H22N4O. The van der Waals surface area contributed by atoms with E-state index in [0.717, 1.165) is 36.6 Å². The van der Waals surface area contributed by atoms with Crippen LogP contribution in [0.4, 0.5) is 17.5 Å². The number of benzene rings is 2. The monoisotopic (exact) mass is 334 g/mol. The molecule has 3 aromatic rings. The molecule has 5 nitrogen and oxygen atoms in total. The van der Waals surface area contributed by atoms with Crippen molar-refractivity contribution >= 4 is 17.5 Å². The van der Waals surface area contributed by atoms with Crippen LogP contribution in [0.2, 0.25) is 0 Å². The fourth-order valence-corrected chi connectivity index (χ4v) is 2.50. The molecule has 2 N–H and O–H groups in total. The second kappa shape index (κ2) is 8.68. The number of aryl methyl sites for hydroxylation is 1. The fraction of sp³-hybridized carbons (Fsp3) is 0.200. The molecule has 0 unspecified atom stereocenters. The van der Waals surface area contributed by atoms with Gasteiger partial charge in [-0.2, -0.15) is 4.98 Å². The van der Waals surface area contributed by atoms with Crippen molar-refractivity contribution in [2.24, 2.45) is 0 Å². The first-order valence-corrected chi connectivity index (χ1v) is 8.35. The quantitative estimate of drug-likeness (QED) is 0.602. The summed E-state index contributed by atoms with van der Waals surface area (Å²) in [6.07, 6.45) is 3.84. The first kappa shape index (κ1) is 16.8. The average Bonchev–Trinajstić information content (AvgIpc) is 2.67. The van der Waals surface area contributed by atoms with Crippen LogP contribution in [-0.2, 0) is 6.42 Å². The van der Waals surface area contributed by atoms with Crippen molar-refractivity contribution in [1.29, 1.82) is 0 Å². The number of anilines is 3. The molecule has 0 amide bonds. The Hall–Kier alpha value is -3.08. The van der Waals surface area contributed by atoms with Gasteiger partial charge in [0.2, 0.25) is 5.95 Å². The van der Waals surface area contributed by atoms with Crippen LogP contribution in [0.1, 0.15) is 12.0 Å². The molecule has 1 heterocycles. The summed E-state index contributed by atoms with van der Waals surface area (Å²) in [6.45, 7) is 0.866. The highest BCUT2D eigenvalue weighted by Crippen LogP contribution is 2.19. The first-order chi connectivity index (χ1) is 12.3. The summed E-state index contributed by atoms with van der Waals surface area (Å²) in [6, 6.07) is 20.0. The van der Waals surface area contributed by atoms with Gasteiger partial charge < -0.3 is 15.4 Å². The van der Waals surface area contributed by atoms with E-state index in [2.05, 4.69) is 44.9 Å². The van der Waals surface area contributed by atoms with Crippen LogP contribution in [0.5, 0.6) is 5.75 Å². The molecule has 0 radical (unpaired) electrons. The molecule has 5 heteroatoms. The number of methoxy groups -OCH3 is 1. The van der Waals surface area contributed by atoms with Crippen molar-refractivity contribution in [3.05, 3.63) is 72.4 Å². The van der Waals surface area contributed by atoms with Gasteiger partial charge in [-0.3, -0.25) is 0 Å². The number of nitrogens with one attached hydrogen (secondary N) is 2. The summed E-state index contributed by atoms with van der Waals surface area (Å²) in [5.74, 6) is 2.16. The maximum absolute atomic E-state index is 5.23. The predicted octanol–water partition coefficient (Wildman–Crippen LogP) is 4.27. The van der Waals surface area contributed by atoms with Gasteiger partial charge in [-0.05, 0) is 36.6 Å². The van der Waals surface area contributed by atoms with Gasteiger partial charge in [0.1, 0.15) is 11.6 Å². The Labute approximate surface area is 148 Å². The Morgan fingerprint density at radius 2 is 1.88 bits per heavy atom. The smallest absolute Gasteiger partial charge is 0.229 e. The molecule has 128 valence electrons. The van der Waals surface area contributed by atoms with Gasteiger partial charge in [-0.25, -0.2) is 4.98 Å². The minimum absolute atomic E-state index is 0.557. The lowest BCUT2D eigenvalue weighted by Gasteiger charge is -2.09. The molecule has 0 aliphatic heterocycles. The lowest BCUT2D eigenvalue weighted by Crippen LogP contribution is -2.06. The summed E-state index contributed by atoms with van der Waals surface area (Å²) in [5, 5.41) is 6.54. The Morgan fingerprint density at radius 3 is 2.72 bits per heavy atom. The molecule has 0 atom stereocenters. The van der Waals surface area contributed by atoms with Gasteiger partial charge in [0.05, 0.1) is 7.11 Å². The van der Waals surface area contributed by atoms with Crippen LogP contribution >= 0.6 is 0 Å². The molecule has 0 saturated heterocycles. The molecule has 0 spiro atoms. The van der Waals surface area contributed by atoms with E-state index in [1.807, 2.05) is 36.4 Å². The Morgan fingerprint density at radius 1 is 1.00 bits per heavy atom.